The molecular formula is C14H14Br2N2O2S. The number of thioether (sulfide) groups is 1. The van der Waals surface area contributed by atoms with E-state index in [0.29, 0.717) is 24.6 Å². The molecular weight excluding hydrogens is 420 g/mol. The highest BCUT2D eigenvalue weighted by Gasteiger charge is 2.17. The Morgan fingerprint density at radius 3 is 2.95 bits per heavy atom. The minimum absolute atomic E-state index is 0.0421. The number of ketones is 1. The number of methoxy groups -OCH3 is 1. The summed E-state index contributed by atoms with van der Waals surface area (Å²) in [6, 6.07) is 7.90. The van der Waals surface area contributed by atoms with Crippen LogP contribution in [0.15, 0.2) is 44.3 Å². The van der Waals surface area contributed by atoms with Gasteiger partial charge in [0, 0.05) is 16.5 Å². The number of benzene rings is 1. The first-order valence-corrected chi connectivity index (χ1v) is 8.81. The lowest BCUT2D eigenvalue weighted by Gasteiger charge is -2.07. The number of aromatic nitrogens is 2. The predicted molar refractivity (Wildman–Crippen MR) is 91.0 cm³/mol. The third kappa shape index (κ3) is 4.67. The van der Waals surface area contributed by atoms with Crippen molar-refractivity contribution in [2.24, 2.45) is 0 Å². The van der Waals surface area contributed by atoms with Crippen LogP contribution in [0.3, 0.4) is 0 Å². The second-order valence-corrected chi connectivity index (χ2v) is 7.05. The van der Waals surface area contributed by atoms with E-state index >= 15 is 0 Å². The van der Waals surface area contributed by atoms with Crippen molar-refractivity contribution >= 4 is 49.4 Å². The van der Waals surface area contributed by atoms with Crippen LogP contribution in [0.2, 0.25) is 0 Å². The fourth-order valence-electron chi connectivity index (χ4n) is 1.76. The molecule has 2 rings (SSSR count). The Labute approximate surface area is 144 Å². The molecule has 2 aromatic rings. The van der Waals surface area contributed by atoms with Crippen molar-refractivity contribution in [1.82, 2.24) is 9.78 Å². The first-order chi connectivity index (χ1) is 10.1. The van der Waals surface area contributed by atoms with Crippen molar-refractivity contribution in [2.75, 3.05) is 19.5 Å². The van der Waals surface area contributed by atoms with Crippen LogP contribution in [-0.2, 0) is 11.3 Å². The van der Waals surface area contributed by atoms with Crippen molar-refractivity contribution in [3.8, 4) is 0 Å². The quantitative estimate of drug-likeness (QED) is 0.488. The summed E-state index contributed by atoms with van der Waals surface area (Å²) in [5.41, 5.74) is 0.592. The number of rotatable bonds is 7. The molecule has 0 amide bonds. The maximum Gasteiger partial charge on any atom is 0.192 e. The van der Waals surface area contributed by atoms with E-state index in [2.05, 4.69) is 37.0 Å². The highest BCUT2D eigenvalue weighted by Crippen LogP contribution is 2.24. The SMILES string of the molecule is COCCn1ncc(Br)c1C(=O)CSc1cccc(Br)c1. The number of nitrogens with zero attached hydrogens (tertiary/aromatic N) is 2. The zero-order chi connectivity index (χ0) is 15.2. The van der Waals surface area contributed by atoms with E-state index in [4.69, 9.17) is 4.74 Å². The minimum Gasteiger partial charge on any atom is -0.383 e. The van der Waals surface area contributed by atoms with E-state index in [0.717, 1.165) is 13.8 Å². The second kappa shape index (κ2) is 8.12. The Balaban J connectivity index is 2.04. The van der Waals surface area contributed by atoms with Crippen LogP contribution in [-0.4, -0.2) is 35.0 Å². The Hall–Kier alpha value is -0.630. The van der Waals surface area contributed by atoms with Crippen molar-refractivity contribution < 1.29 is 9.53 Å². The number of carbonyl (C=O) groups is 1. The number of carbonyl (C=O) groups excluding carboxylic acids is 1. The summed E-state index contributed by atoms with van der Waals surface area (Å²) in [6.45, 7) is 1.08. The third-order valence-electron chi connectivity index (χ3n) is 2.73. The van der Waals surface area contributed by atoms with Gasteiger partial charge in [0.15, 0.2) is 5.78 Å². The van der Waals surface area contributed by atoms with E-state index in [-0.39, 0.29) is 5.78 Å². The van der Waals surface area contributed by atoms with Gasteiger partial charge < -0.3 is 4.74 Å². The molecule has 112 valence electrons. The summed E-state index contributed by atoms with van der Waals surface area (Å²) in [5.74, 6) is 0.411. The Kier molecular flexibility index (Phi) is 6.47. The van der Waals surface area contributed by atoms with Crippen LogP contribution < -0.4 is 0 Å². The predicted octanol–water partition coefficient (Wildman–Crippen LogP) is 4.03. The Morgan fingerprint density at radius 1 is 1.43 bits per heavy atom. The highest BCUT2D eigenvalue weighted by molar-refractivity contribution is 9.10. The summed E-state index contributed by atoms with van der Waals surface area (Å²) < 4.78 is 8.44. The normalized spacial score (nSPS) is 10.8. The highest BCUT2D eigenvalue weighted by atomic mass is 79.9. The molecule has 0 aliphatic rings. The molecule has 0 radical (unpaired) electrons. The molecule has 0 aliphatic carbocycles. The maximum atomic E-state index is 12.4. The van der Waals surface area contributed by atoms with Crippen molar-refractivity contribution in [3.63, 3.8) is 0 Å². The van der Waals surface area contributed by atoms with Crippen LogP contribution in [0, 0.1) is 0 Å². The van der Waals surface area contributed by atoms with Crippen LogP contribution in [0.1, 0.15) is 10.5 Å². The largest absolute Gasteiger partial charge is 0.383 e. The van der Waals surface area contributed by atoms with Gasteiger partial charge in [-0.3, -0.25) is 9.48 Å². The lowest BCUT2D eigenvalue weighted by Crippen LogP contribution is -2.15. The molecule has 21 heavy (non-hydrogen) atoms. The van der Waals surface area contributed by atoms with E-state index in [1.54, 1.807) is 18.0 Å². The lowest BCUT2D eigenvalue weighted by atomic mass is 10.3. The number of ether oxygens (including phenoxy) is 1. The molecule has 1 aromatic heterocycles. The van der Waals surface area contributed by atoms with Gasteiger partial charge >= 0.3 is 0 Å². The second-order valence-electron chi connectivity index (χ2n) is 4.23. The standard InChI is InChI=1S/C14H14Br2N2O2S/c1-20-6-5-18-14(12(16)8-17-18)13(19)9-21-11-4-2-3-10(15)7-11/h2-4,7-8H,5-6,9H2,1H3. The van der Waals surface area contributed by atoms with E-state index in [1.165, 1.54) is 11.8 Å². The molecule has 0 unspecified atom stereocenters. The molecule has 0 aliphatic heterocycles. The molecule has 1 aromatic carbocycles. The molecule has 0 saturated heterocycles. The molecule has 0 fully saturated rings. The maximum absolute atomic E-state index is 12.4. The number of Topliss-reactive ketones (excluding diaryl/α,β-unsaturated/α-hetero) is 1. The summed E-state index contributed by atoms with van der Waals surface area (Å²) in [5, 5.41) is 4.20. The van der Waals surface area contributed by atoms with Gasteiger partial charge in [0.1, 0.15) is 5.69 Å². The van der Waals surface area contributed by atoms with Gasteiger partial charge in [-0.05, 0) is 34.1 Å². The van der Waals surface area contributed by atoms with E-state index in [1.807, 2.05) is 24.3 Å². The molecule has 4 nitrogen and oxygen atoms in total. The van der Waals surface area contributed by atoms with Crippen LogP contribution in [0.4, 0.5) is 0 Å². The van der Waals surface area contributed by atoms with Gasteiger partial charge in [-0.1, -0.05) is 22.0 Å². The number of hydrogen-bond acceptors (Lipinski definition) is 4. The first kappa shape index (κ1) is 16.7. The zero-order valence-electron chi connectivity index (χ0n) is 11.4. The van der Waals surface area contributed by atoms with E-state index < -0.39 is 0 Å². The molecule has 0 saturated carbocycles. The van der Waals surface area contributed by atoms with Gasteiger partial charge in [-0.15, -0.1) is 11.8 Å². The van der Waals surface area contributed by atoms with Crippen LogP contribution in [0.25, 0.3) is 0 Å². The van der Waals surface area contributed by atoms with Gasteiger partial charge in [-0.25, -0.2) is 0 Å². The van der Waals surface area contributed by atoms with Crippen molar-refractivity contribution in [3.05, 3.63) is 45.1 Å². The molecule has 0 bridgehead atoms. The van der Waals surface area contributed by atoms with Crippen molar-refractivity contribution in [2.45, 2.75) is 11.4 Å². The first-order valence-electron chi connectivity index (χ1n) is 6.23. The molecule has 0 spiro atoms. The summed E-state index contributed by atoms with van der Waals surface area (Å²) in [7, 11) is 1.63. The molecule has 0 N–H and O–H groups in total. The monoisotopic (exact) mass is 432 g/mol. The molecule has 1 heterocycles. The fourth-order valence-corrected chi connectivity index (χ4v) is 3.65. The van der Waals surface area contributed by atoms with Gasteiger partial charge in [0.25, 0.3) is 0 Å². The fraction of sp³-hybridized carbons (Fsp3) is 0.286. The van der Waals surface area contributed by atoms with Gasteiger partial charge in [0.2, 0.25) is 0 Å². The van der Waals surface area contributed by atoms with Gasteiger partial charge in [-0.2, -0.15) is 5.10 Å². The molecule has 0 atom stereocenters. The minimum atomic E-state index is 0.0421. The van der Waals surface area contributed by atoms with Crippen LogP contribution in [0.5, 0.6) is 0 Å². The zero-order valence-corrected chi connectivity index (χ0v) is 15.4. The Bertz CT molecular complexity index is 631. The van der Waals surface area contributed by atoms with Crippen LogP contribution >= 0.6 is 43.6 Å². The van der Waals surface area contributed by atoms with Crippen molar-refractivity contribution in [1.29, 1.82) is 0 Å². The smallest absolute Gasteiger partial charge is 0.192 e. The summed E-state index contributed by atoms with van der Waals surface area (Å²) in [4.78, 5) is 13.5. The molecule has 7 heteroatoms. The summed E-state index contributed by atoms with van der Waals surface area (Å²) in [6.07, 6.45) is 1.65. The summed E-state index contributed by atoms with van der Waals surface area (Å²) >= 11 is 8.32. The topological polar surface area (TPSA) is 44.1 Å². The third-order valence-corrected chi connectivity index (χ3v) is 4.80. The number of halogens is 2. The Morgan fingerprint density at radius 2 is 2.24 bits per heavy atom. The van der Waals surface area contributed by atoms with E-state index in [9.17, 15) is 4.79 Å². The van der Waals surface area contributed by atoms with Gasteiger partial charge in [0.05, 0.1) is 29.6 Å². The number of hydrogen-bond donors (Lipinski definition) is 0. The average molecular weight is 434 g/mol. The lowest BCUT2D eigenvalue weighted by molar-refractivity contribution is 0.100. The average Bonchev–Trinajstić information content (AvgIpc) is 2.83.